The predicted molar refractivity (Wildman–Crippen MR) is 61.8 cm³/mol. The standard InChI is InChI=1S/C12H17N3/c1-8(2)7-14-12-11(6-13)9(3)5-10(4)15-12/h5,8H,7H2,1-4H3,(H,14,15). The van der Waals surface area contributed by atoms with E-state index in [0.717, 1.165) is 17.8 Å². The lowest BCUT2D eigenvalue weighted by atomic mass is 10.1. The van der Waals surface area contributed by atoms with E-state index in [4.69, 9.17) is 5.26 Å². The van der Waals surface area contributed by atoms with Crippen molar-refractivity contribution in [1.82, 2.24) is 4.98 Å². The molecule has 80 valence electrons. The topological polar surface area (TPSA) is 48.7 Å². The third-order valence-corrected chi connectivity index (χ3v) is 2.13. The van der Waals surface area contributed by atoms with Crippen molar-refractivity contribution in [2.75, 3.05) is 11.9 Å². The van der Waals surface area contributed by atoms with Gasteiger partial charge in [-0.25, -0.2) is 4.98 Å². The van der Waals surface area contributed by atoms with E-state index in [1.165, 1.54) is 0 Å². The number of aromatic nitrogens is 1. The number of nitrogens with zero attached hydrogens (tertiary/aromatic N) is 2. The van der Waals surface area contributed by atoms with Gasteiger partial charge in [0.15, 0.2) is 0 Å². The Balaban J connectivity index is 3.00. The van der Waals surface area contributed by atoms with Crippen LogP contribution in [0.3, 0.4) is 0 Å². The summed E-state index contributed by atoms with van der Waals surface area (Å²) in [6.45, 7) is 8.97. The van der Waals surface area contributed by atoms with Gasteiger partial charge >= 0.3 is 0 Å². The first-order chi connectivity index (χ1) is 7.04. The smallest absolute Gasteiger partial charge is 0.144 e. The highest BCUT2D eigenvalue weighted by Crippen LogP contribution is 2.17. The zero-order valence-electron chi connectivity index (χ0n) is 9.76. The van der Waals surface area contributed by atoms with Crippen LogP contribution in [0.15, 0.2) is 6.07 Å². The maximum atomic E-state index is 9.03. The van der Waals surface area contributed by atoms with Gasteiger partial charge in [0, 0.05) is 12.2 Å². The molecule has 15 heavy (non-hydrogen) atoms. The molecule has 1 aromatic rings. The molecule has 0 aliphatic carbocycles. The number of rotatable bonds is 3. The molecule has 1 rings (SSSR count). The van der Waals surface area contributed by atoms with E-state index in [9.17, 15) is 0 Å². The van der Waals surface area contributed by atoms with E-state index >= 15 is 0 Å². The Morgan fingerprint density at radius 1 is 1.47 bits per heavy atom. The number of pyridine rings is 1. The molecule has 0 fully saturated rings. The third-order valence-electron chi connectivity index (χ3n) is 2.13. The first-order valence-corrected chi connectivity index (χ1v) is 5.16. The summed E-state index contributed by atoms with van der Waals surface area (Å²) < 4.78 is 0. The number of hydrogen-bond donors (Lipinski definition) is 1. The van der Waals surface area contributed by atoms with Gasteiger partial charge in [-0.1, -0.05) is 13.8 Å². The molecule has 1 N–H and O–H groups in total. The maximum Gasteiger partial charge on any atom is 0.144 e. The lowest BCUT2D eigenvalue weighted by Crippen LogP contribution is -2.11. The highest BCUT2D eigenvalue weighted by atomic mass is 15.0. The summed E-state index contributed by atoms with van der Waals surface area (Å²) in [6.07, 6.45) is 0. The summed E-state index contributed by atoms with van der Waals surface area (Å²) in [5.41, 5.74) is 2.58. The van der Waals surface area contributed by atoms with Crippen molar-refractivity contribution >= 4 is 5.82 Å². The van der Waals surface area contributed by atoms with Crippen molar-refractivity contribution in [2.45, 2.75) is 27.7 Å². The largest absolute Gasteiger partial charge is 0.369 e. The zero-order valence-corrected chi connectivity index (χ0v) is 9.76. The Kier molecular flexibility index (Phi) is 3.68. The van der Waals surface area contributed by atoms with E-state index in [1.54, 1.807) is 0 Å². The SMILES string of the molecule is Cc1cc(C)c(C#N)c(NCC(C)C)n1. The molecule has 0 spiro atoms. The number of anilines is 1. The van der Waals surface area contributed by atoms with Gasteiger partial charge in [0.1, 0.15) is 11.9 Å². The Labute approximate surface area is 91.1 Å². The molecular formula is C12H17N3. The first-order valence-electron chi connectivity index (χ1n) is 5.16. The Morgan fingerprint density at radius 2 is 2.13 bits per heavy atom. The molecule has 0 amide bonds. The molecule has 0 aromatic carbocycles. The van der Waals surface area contributed by atoms with Crippen LogP contribution in [-0.2, 0) is 0 Å². The Morgan fingerprint density at radius 3 is 2.67 bits per heavy atom. The number of nitrogens with one attached hydrogen (secondary N) is 1. The Hall–Kier alpha value is -1.56. The summed E-state index contributed by atoms with van der Waals surface area (Å²) in [4.78, 5) is 4.34. The summed E-state index contributed by atoms with van der Waals surface area (Å²) >= 11 is 0. The number of hydrogen-bond acceptors (Lipinski definition) is 3. The highest BCUT2D eigenvalue weighted by Gasteiger charge is 2.08. The van der Waals surface area contributed by atoms with Gasteiger partial charge in [-0.3, -0.25) is 0 Å². The summed E-state index contributed by atoms with van der Waals surface area (Å²) in [5.74, 6) is 1.25. The van der Waals surface area contributed by atoms with Crippen molar-refractivity contribution in [1.29, 1.82) is 5.26 Å². The van der Waals surface area contributed by atoms with Crippen LogP contribution in [0.4, 0.5) is 5.82 Å². The van der Waals surface area contributed by atoms with Gasteiger partial charge in [-0.05, 0) is 31.4 Å². The molecule has 3 heteroatoms. The fourth-order valence-electron chi connectivity index (χ4n) is 1.41. The van der Waals surface area contributed by atoms with Crippen LogP contribution in [0, 0.1) is 31.1 Å². The Bertz CT molecular complexity index is 389. The molecule has 0 aliphatic rings. The van der Waals surface area contributed by atoms with Gasteiger partial charge in [0.25, 0.3) is 0 Å². The molecule has 0 saturated heterocycles. The fraction of sp³-hybridized carbons (Fsp3) is 0.500. The second-order valence-electron chi connectivity index (χ2n) is 4.19. The second kappa shape index (κ2) is 4.79. The monoisotopic (exact) mass is 203 g/mol. The van der Waals surface area contributed by atoms with Gasteiger partial charge in [-0.2, -0.15) is 5.26 Å². The molecular weight excluding hydrogens is 186 g/mol. The van der Waals surface area contributed by atoms with Crippen LogP contribution in [0.5, 0.6) is 0 Å². The lowest BCUT2D eigenvalue weighted by molar-refractivity contribution is 0.686. The minimum absolute atomic E-state index is 0.541. The minimum Gasteiger partial charge on any atom is -0.369 e. The molecule has 1 heterocycles. The average Bonchev–Trinajstić information content (AvgIpc) is 2.13. The van der Waals surface area contributed by atoms with Crippen LogP contribution in [0.1, 0.15) is 30.7 Å². The molecule has 1 aromatic heterocycles. The number of aryl methyl sites for hydroxylation is 2. The maximum absolute atomic E-state index is 9.03. The van der Waals surface area contributed by atoms with Crippen molar-refractivity contribution < 1.29 is 0 Å². The van der Waals surface area contributed by atoms with Crippen molar-refractivity contribution in [3.05, 3.63) is 22.9 Å². The minimum atomic E-state index is 0.541. The third kappa shape index (κ3) is 2.95. The van der Waals surface area contributed by atoms with E-state index in [0.29, 0.717) is 17.3 Å². The lowest BCUT2D eigenvalue weighted by Gasteiger charge is -2.11. The van der Waals surface area contributed by atoms with Crippen LogP contribution >= 0.6 is 0 Å². The summed E-state index contributed by atoms with van der Waals surface area (Å²) in [6, 6.07) is 4.12. The zero-order chi connectivity index (χ0) is 11.4. The normalized spacial score (nSPS) is 10.1. The molecule has 3 nitrogen and oxygen atoms in total. The molecule has 0 unspecified atom stereocenters. The van der Waals surface area contributed by atoms with Crippen LogP contribution in [-0.4, -0.2) is 11.5 Å². The predicted octanol–water partition coefficient (Wildman–Crippen LogP) is 2.64. The van der Waals surface area contributed by atoms with E-state index in [1.807, 2.05) is 19.9 Å². The van der Waals surface area contributed by atoms with Crippen molar-refractivity contribution in [2.24, 2.45) is 5.92 Å². The van der Waals surface area contributed by atoms with E-state index in [-0.39, 0.29) is 0 Å². The van der Waals surface area contributed by atoms with Gasteiger partial charge in [0.05, 0.1) is 5.56 Å². The highest BCUT2D eigenvalue weighted by molar-refractivity contribution is 5.56. The molecule has 0 aliphatic heterocycles. The second-order valence-corrected chi connectivity index (χ2v) is 4.19. The van der Waals surface area contributed by atoms with Crippen LogP contribution in [0.2, 0.25) is 0 Å². The van der Waals surface area contributed by atoms with Crippen molar-refractivity contribution in [3.8, 4) is 6.07 Å². The number of nitriles is 1. The van der Waals surface area contributed by atoms with E-state index < -0.39 is 0 Å². The van der Waals surface area contributed by atoms with Crippen molar-refractivity contribution in [3.63, 3.8) is 0 Å². The fourth-order valence-corrected chi connectivity index (χ4v) is 1.41. The summed E-state index contributed by atoms with van der Waals surface area (Å²) in [5, 5.41) is 12.2. The van der Waals surface area contributed by atoms with E-state index in [2.05, 4.69) is 30.2 Å². The molecule has 0 atom stereocenters. The molecule has 0 bridgehead atoms. The average molecular weight is 203 g/mol. The van der Waals surface area contributed by atoms with Gasteiger partial charge in [0.2, 0.25) is 0 Å². The van der Waals surface area contributed by atoms with Gasteiger partial charge in [-0.15, -0.1) is 0 Å². The summed E-state index contributed by atoms with van der Waals surface area (Å²) in [7, 11) is 0. The first kappa shape index (κ1) is 11.5. The quantitative estimate of drug-likeness (QED) is 0.821. The molecule has 0 radical (unpaired) electrons. The molecule has 0 saturated carbocycles. The van der Waals surface area contributed by atoms with Crippen LogP contribution in [0.25, 0.3) is 0 Å². The van der Waals surface area contributed by atoms with Crippen LogP contribution < -0.4 is 5.32 Å². The van der Waals surface area contributed by atoms with Gasteiger partial charge < -0.3 is 5.32 Å².